The first kappa shape index (κ1) is 11.1. The first-order valence-electron chi connectivity index (χ1n) is 4.33. The zero-order valence-corrected chi connectivity index (χ0v) is 11.7. The van der Waals surface area contributed by atoms with E-state index >= 15 is 0 Å². The van der Waals surface area contributed by atoms with Gasteiger partial charge in [0, 0.05) is 27.5 Å². The first-order valence-corrected chi connectivity index (χ1v) is 6.79. The Labute approximate surface area is 109 Å². The molecule has 0 bridgehead atoms. The highest BCUT2D eigenvalue weighted by Crippen LogP contribution is 2.23. The predicted octanol–water partition coefficient (Wildman–Crippen LogP) is 4.28. The Morgan fingerprint density at radius 1 is 1.40 bits per heavy atom. The van der Waals surface area contributed by atoms with E-state index in [4.69, 9.17) is 0 Å². The van der Waals surface area contributed by atoms with Gasteiger partial charge in [-0.2, -0.15) is 0 Å². The largest absolute Gasteiger partial charge is 0.378 e. The molecule has 0 unspecified atom stereocenters. The van der Waals surface area contributed by atoms with Crippen LogP contribution in [-0.2, 0) is 6.54 Å². The van der Waals surface area contributed by atoms with Crippen molar-refractivity contribution in [2.45, 2.75) is 6.54 Å². The molecule has 0 atom stereocenters. The van der Waals surface area contributed by atoms with Crippen LogP contribution in [-0.4, -0.2) is 4.98 Å². The highest BCUT2D eigenvalue weighted by Gasteiger charge is 2.00. The van der Waals surface area contributed by atoms with Gasteiger partial charge in [0.2, 0.25) is 0 Å². The fourth-order valence-corrected chi connectivity index (χ4v) is 2.93. The molecule has 0 fully saturated rings. The topological polar surface area (TPSA) is 24.9 Å². The van der Waals surface area contributed by atoms with Crippen molar-refractivity contribution in [3.63, 3.8) is 0 Å². The van der Waals surface area contributed by atoms with Crippen LogP contribution in [0, 0.1) is 0 Å². The second-order valence-electron chi connectivity index (χ2n) is 2.93. The van der Waals surface area contributed by atoms with E-state index in [9.17, 15) is 0 Å². The summed E-state index contributed by atoms with van der Waals surface area (Å²) in [7, 11) is 0. The Bertz CT molecular complexity index is 456. The molecule has 78 valence electrons. The van der Waals surface area contributed by atoms with Crippen LogP contribution < -0.4 is 5.32 Å². The minimum absolute atomic E-state index is 0.820. The molecule has 0 saturated carbocycles. The molecule has 0 aliphatic rings. The lowest BCUT2D eigenvalue weighted by molar-refractivity contribution is 1.16. The maximum atomic E-state index is 4.14. The van der Waals surface area contributed by atoms with Crippen LogP contribution in [0.15, 0.2) is 38.9 Å². The molecule has 0 aromatic carbocycles. The summed E-state index contributed by atoms with van der Waals surface area (Å²) < 4.78 is 1.98. The molecule has 0 aliphatic heterocycles. The van der Waals surface area contributed by atoms with Crippen molar-refractivity contribution in [3.05, 3.63) is 43.7 Å². The van der Waals surface area contributed by atoms with E-state index in [0.29, 0.717) is 0 Å². The van der Waals surface area contributed by atoms with E-state index in [0.717, 1.165) is 21.3 Å². The number of halogens is 2. The van der Waals surface area contributed by atoms with Gasteiger partial charge in [0.1, 0.15) is 4.60 Å². The fourth-order valence-electron chi connectivity index (χ4n) is 1.15. The number of nitrogens with zero attached hydrogens (tertiary/aromatic N) is 1. The van der Waals surface area contributed by atoms with Gasteiger partial charge in [-0.1, -0.05) is 0 Å². The zero-order valence-electron chi connectivity index (χ0n) is 7.71. The number of nitrogens with one attached hydrogen (secondary N) is 1. The van der Waals surface area contributed by atoms with Gasteiger partial charge in [0.15, 0.2) is 0 Å². The lowest BCUT2D eigenvalue weighted by atomic mass is 10.4. The summed E-state index contributed by atoms with van der Waals surface area (Å²) in [4.78, 5) is 5.43. The summed E-state index contributed by atoms with van der Waals surface area (Å²) >= 11 is 8.56. The average Bonchev–Trinajstić information content (AvgIpc) is 2.63. The fraction of sp³-hybridized carbons (Fsp3) is 0.100. The van der Waals surface area contributed by atoms with Crippen LogP contribution in [0.2, 0.25) is 0 Å². The van der Waals surface area contributed by atoms with Crippen molar-refractivity contribution in [3.8, 4) is 0 Å². The highest BCUT2D eigenvalue weighted by atomic mass is 79.9. The van der Waals surface area contributed by atoms with Crippen molar-refractivity contribution in [1.82, 2.24) is 4.98 Å². The number of aromatic nitrogens is 1. The Balaban J connectivity index is 2.02. The zero-order chi connectivity index (χ0) is 10.7. The number of anilines is 1. The molecule has 0 radical (unpaired) electrons. The van der Waals surface area contributed by atoms with Crippen molar-refractivity contribution >= 4 is 48.9 Å². The Morgan fingerprint density at radius 2 is 2.27 bits per heavy atom. The van der Waals surface area contributed by atoms with Crippen LogP contribution in [0.1, 0.15) is 4.88 Å². The third kappa shape index (κ3) is 3.03. The monoisotopic (exact) mass is 346 g/mol. The summed E-state index contributed by atoms with van der Waals surface area (Å²) in [6, 6.07) is 6.03. The molecular formula is C10H8Br2N2S. The number of pyridine rings is 1. The van der Waals surface area contributed by atoms with Gasteiger partial charge in [0.25, 0.3) is 0 Å². The number of rotatable bonds is 3. The van der Waals surface area contributed by atoms with E-state index < -0.39 is 0 Å². The Hall–Kier alpha value is -0.390. The summed E-state index contributed by atoms with van der Waals surface area (Å²) in [6.07, 6.45) is 1.76. The van der Waals surface area contributed by atoms with Gasteiger partial charge < -0.3 is 5.32 Å². The SMILES string of the molecule is Brc1csc(CNc2cccnc2Br)c1. The molecule has 2 heterocycles. The third-order valence-corrected chi connectivity index (χ3v) is 4.16. The molecule has 2 nitrogen and oxygen atoms in total. The van der Waals surface area contributed by atoms with Crippen molar-refractivity contribution in [1.29, 1.82) is 0 Å². The number of hydrogen-bond donors (Lipinski definition) is 1. The van der Waals surface area contributed by atoms with Gasteiger partial charge >= 0.3 is 0 Å². The minimum atomic E-state index is 0.820. The van der Waals surface area contributed by atoms with Gasteiger partial charge in [-0.15, -0.1) is 11.3 Å². The van der Waals surface area contributed by atoms with Crippen LogP contribution in [0.3, 0.4) is 0 Å². The molecule has 2 rings (SSSR count). The van der Waals surface area contributed by atoms with Crippen molar-refractivity contribution in [2.75, 3.05) is 5.32 Å². The average molecular weight is 348 g/mol. The molecule has 0 saturated heterocycles. The molecule has 2 aromatic heterocycles. The first-order chi connectivity index (χ1) is 7.25. The predicted molar refractivity (Wildman–Crippen MR) is 71.3 cm³/mol. The van der Waals surface area contributed by atoms with Gasteiger partial charge in [-0.05, 0) is 50.1 Å². The van der Waals surface area contributed by atoms with E-state index in [-0.39, 0.29) is 0 Å². The summed E-state index contributed by atoms with van der Waals surface area (Å²) in [5.74, 6) is 0. The smallest absolute Gasteiger partial charge is 0.129 e. The minimum Gasteiger partial charge on any atom is -0.378 e. The molecule has 1 N–H and O–H groups in total. The summed E-state index contributed by atoms with van der Waals surface area (Å²) in [6.45, 7) is 0.820. The van der Waals surface area contributed by atoms with Crippen LogP contribution in [0.4, 0.5) is 5.69 Å². The van der Waals surface area contributed by atoms with Crippen LogP contribution in [0.25, 0.3) is 0 Å². The van der Waals surface area contributed by atoms with Crippen molar-refractivity contribution in [2.24, 2.45) is 0 Å². The highest BCUT2D eigenvalue weighted by molar-refractivity contribution is 9.10. The van der Waals surface area contributed by atoms with Gasteiger partial charge in [-0.25, -0.2) is 4.98 Å². The van der Waals surface area contributed by atoms with Crippen LogP contribution in [0.5, 0.6) is 0 Å². The lowest BCUT2D eigenvalue weighted by Crippen LogP contribution is -1.98. The second-order valence-corrected chi connectivity index (χ2v) is 5.59. The number of hydrogen-bond acceptors (Lipinski definition) is 3. The van der Waals surface area contributed by atoms with Gasteiger partial charge in [0.05, 0.1) is 5.69 Å². The molecule has 15 heavy (non-hydrogen) atoms. The summed E-state index contributed by atoms with van der Waals surface area (Å²) in [5, 5.41) is 5.40. The molecular weight excluding hydrogens is 340 g/mol. The second kappa shape index (κ2) is 5.09. The third-order valence-electron chi connectivity index (χ3n) is 1.83. The quantitative estimate of drug-likeness (QED) is 0.838. The number of thiophene rings is 1. The molecule has 5 heteroatoms. The Morgan fingerprint density at radius 3 is 2.93 bits per heavy atom. The van der Waals surface area contributed by atoms with E-state index in [1.165, 1.54) is 4.88 Å². The Kier molecular flexibility index (Phi) is 3.77. The van der Waals surface area contributed by atoms with Gasteiger partial charge in [-0.3, -0.25) is 0 Å². The van der Waals surface area contributed by atoms with Crippen molar-refractivity contribution < 1.29 is 0 Å². The van der Waals surface area contributed by atoms with E-state index in [2.05, 4.69) is 53.6 Å². The molecule has 0 aliphatic carbocycles. The maximum absolute atomic E-state index is 4.14. The van der Waals surface area contributed by atoms with E-state index in [1.54, 1.807) is 17.5 Å². The molecule has 0 amide bonds. The normalized spacial score (nSPS) is 10.3. The lowest BCUT2D eigenvalue weighted by Gasteiger charge is -2.05. The maximum Gasteiger partial charge on any atom is 0.129 e. The standard InChI is InChI=1S/C10H8Br2N2S/c11-7-4-8(15-6-7)5-14-9-2-1-3-13-10(9)12/h1-4,6,14H,5H2. The summed E-state index contributed by atoms with van der Waals surface area (Å²) in [5.41, 5.74) is 1.02. The molecule has 2 aromatic rings. The van der Waals surface area contributed by atoms with Crippen LogP contribution >= 0.6 is 43.2 Å². The molecule has 0 spiro atoms. The van der Waals surface area contributed by atoms with E-state index in [1.807, 2.05) is 12.1 Å².